The largest absolute Gasteiger partial charge is 0.381 e. The maximum atomic E-state index is 6.09. The predicted molar refractivity (Wildman–Crippen MR) is 97.3 cm³/mol. The molecule has 0 aliphatic carbocycles. The van der Waals surface area contributed by atoms with Gasteiger partial charge in [0.05, 0.1) is 18.9 Å². The lowest BCUT2D eigenvalue weighted by Gasteiger charge is -2.34. The zero-order valence-corrected chi connectivity index (χ0v) is 15.4. The number of likely N-dealkylation sites (tertiary alicyclic amines) is 2. The summed E-state index contributed by atoms with van der Waals surface area (Å²) in [6.07, 6.45) is 5.55. The normalized spacial score (nSPS) is 32.0. The van der Waals surface area contributed by atoms with Crippen molar-refractivity contribution in [3.05, 3.63) is 30.1 Å². The topological polar surface area (TPSA) is 37.8 Å². The first kappa shape index (κ1) is 17.4. The monoisotopic (exact) mass is 345 g/mol. The van der Waals surface area contributed by atoms with E-state index in [0.29, 0.717) is 17.9 Å². The number of aromatic nitrogens is 1. The first-order valence-corrected chi connectivity index (χ1v) is 9.73. The van der Waals surface area contributed by atoms with Crippen LogP contribution in [0.5, 0.6) is 0 Å². The summed E-state index contributed by atoms with van der Waals surface area (Å²) in [6, 6.07) is 6.75. The second-order valence-electron chi connectivity index (χ2n) is 8.16. The van der Waals surface area contributed by atoms with Crippen molar-refractivity contribution in [1.82, 2.24) is 14.8 Å². The average molecular weight is 345 g/mol. The van der Waals surface area contributed by atoms with Crippen LogP contribution in [-0.4, -0.2) is 73.9 Å². The van der Waals surface area contributed by atoms with Gasteiger partial charge >= 0.3 is 0 Å². The summed E-state index contributed by atoms with van der Waals surface area (Å²) in [6.45, 7) is 8.20. The smallest absolute Gasteiger partial charge is 0.0887 e. The van der Waals surface area contributed by atoms with Gasteiger partial charge < -0.3 is 14.4 Å². The van der Waals surface area contributed by atoms with Crippen molar-refractivity contribution < 1.29 is 9.47 Å². The fraction of sp³-hybridized carbons (Fsp3) is 0.750. The molecule has 1 spiro atoms. The molecule has 0 unspecified atom stereocenters. The van der Waals surface area contributed by atoms with Gasteiger partial charge in [-0.2, -0.15) is 0 Å². The van der Waals surface area contributed by atoms with Crippen molar-refractivity contribution in [2.24, 2.45) is 11.3 Å². The molecule has 3 aliphatic rings. The molecule has 4 rings (SSSR count). The van der Waals surface area contributed by atoms with Gasteiger partial charge in [0.15, 0.2) is 0 Å². The van der Waals surface area contributed by atoms with Crippen LogP contribution in [0.4, 0.5) is 0 Å². The second-order valence-corrected chi connectivity index (χ2v) is 8.16. The predicted octanol–water partition coefficient (Wildman–Crippen LogP) is 2.03. The van der Waals surface area contributed by atoms with Gasteiger partial charge in [0.1, 0.15) is 0 Å². The summed E-state index contributed by atoms with van der Waals surface area (Å²) in [5.74, 6) is 0.631. The highest BCUT2D eigenvalue weighted by Crippen LogP contribution is 2.44. The lowest BCUT2D eigenvalue weighted by molar-refractivity contribution is 0.0271. The van der Waals surface area contributed by atoms with Crippen LogP contribution in [0.3, 0.4) is 0 Å². The van der Waals surface area contributed by atoms with Crippen molar-refractivity contribution in [3.63, 3.8) is 0 Å². The molecular formula is C20H31N3O2. The minimum absolute atomic E-state index is 0.414. The maximum Gasteiger partial charge on any atom is 0.0887 e. The molecule has 0 aromatic carbocycles. The molecular weight excluding hydrogens is 314 g/mol. The Balaban J connectivity index is 1.34. The first-order valence-electron chi connectivity index (χ1n) is 9.73. The molecule has 4 heterocycles. The zero-order valence-electron chi connectivity index (χ0n) is 15.4. The van der Waals surface area contributed by atoms with E-state index in [9.17, 15) is 0 Å². The minimum atomic E-state index is 0.414. The van der Waals surface area contributed by atoms with Crippen LogP contribution in [0.2, 0.25) is 0 Å². The molecule has 138 valence electrons. The number of pyridine rings is 1. The van der Waals surface area contributed by atoms with Crippen LogP contribution in [0.25, 0.3) is 0 Å². The molecule has 1 aromatic heterocycles. The van der Waals surface area contributed by atoms with Gasteiger partial charge in [0.25, 0.3) is 0 Å². The van der Waals surface area contributed by atoms with Gasteiger partial charge in [-0.3, -0.25) is 9.88 Å². The van der Waals surface area contributed by atoms with E-state index in [1.807, 2.05) is 24.4 Å². The molecule has 3 aliphatic heterocycles. The highest BCUT2D eigenvalue weighted by atomic mass is 16.5. The Labute approximate surface area is 151 Å². The highest BCUT2D eigenvalue weighted by Gasteiger charge is 2.50. The number of rotatable bonds is 5. The van der Waals surface area contributed by atoms with E-state index in [-0.39, 0.29) is 0 Å². The van der Waals surface area contributed by atoms with Gasteiger partial charge in [0.2, 0.25) is 0 Å². The quantitative estimate of drug-likeness (QED) is 0.816. The van der Waals surface area contributed by atoms with E-state index in [1.165, 1.54) is 38.9 Å². The number of hydrogen-bond acceptors (Lipinski definition) is 5. The Morgan fingerprint density at radius 2 is 2.16 bits per heavy atom. The summed E-state index contributed by atoms with van der Waals surface area (Å²) < 4.78 is 11.6. The molecule has 1 aromatic rings. The summed E-state index contributed by atoms with van der Waals surface area (Å²) in [4.78, 5) is 9.61. The lowest BCUT2D eigenvalue weighted by Crippen LogP contribution is -2.42. The molecule has 3 saturated heterocycles. The number of hydrogen-bond donors (Lipinski definition) is 0. The van der Waals surface area contributed by atoms with Crippen molar-refractivity contribution in [3.8, 4) is 0 Å². The Kier molecular flexibility index (Phi) is 5.36. The number of nitrogens with zero attached hydrogens (tertiary/aromatic N) is 3. The molecule has 0 amide bonds. The van der Waals surface area contributed by atoms with Gasteiger partial charge in [-0.15, -0.1) is 0 Å². The van der Waals surface area contributed by atoms with E-state index in [0.717, 1.165) is 38.1 Å². The van der Waals surface area contributed by atoms with Crippen LogP contribution in [0.1, 0.15) is 25.0 Å². The van der Waals surface area contributed by atoms with E-state index in [2.05, 4.69) is 21.8 Å². The van der Waals surface area contributed by atoms with Crippen molar-refractivity contribution in [2.75, 3.05) is 53.0 Å². The molecule has 5 heteroatoms. The summed E-state index contributed by atoms with van der Waals surface area (Å²) in [5, 5.41) is 0. The third-order valence-electron chi connectivity index (χ3n) is 6.40. The fourth-order valence-electron chi connectivity index (χ4n) is 5.07. The first-order chi connectivity index (χ1) is 12.3. The molecule has 0 N–H and O–H groups in total. The minimum Gasteiger partial charge on any atom is -0.381 e. The molecule has 0 bridgehead atoms. The van der Waals surface area contributed by atoms with Crippen molar-refractivity contribution >= 4 is 0 Å². The average Bonchev–Trinajstić information content (AvgIpc) is 3.20. The molecule has 5 nitrogen and oxygen atoms in total. The molecule has 0 radical (unpaired) electrons. The summed E-state index contributed by atoms with van der Waals surface area (Å²) >= 11 is 0. The summed E-state index contributed by atoms with van der Waals surface area (Å²) in [5.41, 5.74) is 1.44. The van der Waals surface area contributed by atoms with Crippen LogP contribution < -0.4 is 0 Å². The lowest BCUT2D eigenvalue weighted by atomic mass is 9.77. The molecule has 3 fully saturated rings. The third-order valence-corrected chi connectivity index (χ3v) is 6.40. The van der Waals surface area contributed by atoms with Gasteiger partial charge in [-0.05, 0) is 45.0 Å². The van der Waals surface area contributed by atoms with E-state index in [1.54, 1.807) is 0 Å². The van der Waals surface area contributed by atoms with Gasteiger partial charge in [-0.1, -0.05) is 6.07 Å². The zero-order chi connectivity index (χ0) is 17.1. The summed E-state index contributed by atoms with van der Waals surface area (Å²) in [7, 11) is 2.26. The standard InChI is InChI=1S/C20H31N3O2/c1-22-12-17(13-25-14-18-4-2-3-8-21-18)20(15-22)7-9-23(16-20)19-5-10-24-11-6-19/h2-4,8,17,19H,5-7,9-16H2,1H3/t17-,20-/m1/s1. The Morgan fingerprint density at radius 1 is 1.28 bits per heavy atom. The van der Waals surface area contributed by atoms with E-state index >= 15 is 0 Å². The van der Waals surface area contributed by atoms with Gasteiger partial charge in [0, 0.05) is 56.4 Å². The van der Waals surface area contributed by atoms with Crippen molar-refractivity contribution in [1.29, 1.82) is 0 Å². The van der Waals surface area contributed by atoms with E-state index < -0.39 is 0 Å². The van der Waals surface area contributed by atoms with E-state index in [4.69, 9.17) is 9.47 Å². The Hall–Kier alpha value is -1.01. The van der Waals surface area contributed by atoms with Crippen molar-refractivity contribution in [2.45, 2.75) is 31.9 Å². The SMILES string of the molecule is CN1C[C@H](COCc2ccccn2)[C@]2(CCN(C3CCOCC3)C2)C1. The third kappa shape index (κ3) is 3.90. The second kappa shape index (κ2) is 7.70. The van der Waals surface area contributed by atoms with Crippen LogP contribution in [0, 0.1) is 11.3 Å². The fourth-order valence-corrected chi connectivity index (χ4v) is 5.07. The van der Waals surface area contributed by atoms with Crippen LogP contribution in [0.15, 0.2) is 24.4 Å². The highest BCUT2D eigenvalue weighted by molar-refractivity contribution is 5.04. The van der Waals surface area contributed by atoms with Gasteiger partial charge in [-0.25, -0.2) is 0 Å². The van der Waals surface area contributed by atoms with Crippen LogP contribution >= 0.6 is 0 Å². The Bertz CT molecular complexity index is 549. The molecule has 0 saturated carbocycles. The van der Waals surface area contributed by atoms with Crippen LogP contribution in [-0.2, 0) is 16.1 Å². The Morgan fingerprint density at radius 3 is 2.96 bits per heavy atom. The molecule has 2 atom stereocenters. The number of ether oxygens (including phenoxy) is 2. The maximum absolute atomic E-state index is 6.09. The molecule has 25 heavy (non-hydrogen) atoms.